The Kier molecular flexibility index (Phi) is 6.03. The first-order chi connectivity index (χ1) is 19.6. The van der Waals surface area contributed by atoms with Gasteiger partial charge in [-0.05, 0) is 49.2 Å². The summed E-state index contributed by atoms with van der Waals surface area (Å²) in [6, 6.07) is 14.3. The number of amides is 1. The van der Waals surface area contributed by atoms with Crippen LogP contribution in [0.1, 0.15) is 32.1 Å². The van der Waals surface area contributed by atoms with Gasteiger partial charge in [0.25, 0.3) is 0 Å². The number of anilines is 1. The van der Waals surface area contributed by atoms with E-state index in [1.165, 1.54) is 12.5 Å². The Balaban J connectivity index is 1.23. The molecule has 0 unspecified atom stereocenters. The first kappa shape index (κ1) is 24.1. The highest BCUT2D eigenvalue weighted by molar-refractivity contribution is 6.00. The van der Waals surface area contributed by atoms with Gasteiger partial charge in [0.2, 0.25) is 5.91 Å². The van der Waals surface area contributed by atoms with E-state index < -0.39 is 0 Å². The summed E-state index contributed by atoms with van der Waals surface area (Å²) in [5.41, 5.74) is 6.27. The number of hydrogen-bond donors (Lipinski definition) is 3. The monoisotopic (exact) mass is 531 g/mol. The molecule has 0 atom stereocenters. The van der Waals surface area contributed by atoms with Gasteiger partial charge in [-0.25, -0.2) is 4.39 Å². The summed E-state index contributed by atoms with van der Waals surface area (Å²) in [6.45, 7) is 0. The number of pyridine rings is 3. The molecule has 1 amide bonds. The van der Waals surface area contributed by atoms with E-state index in [1.807, 2.05) is 24.3 Å². The van der Waals surface area contributed by atoms with Crippen LogP contribution in [0.4, 0.5) is 10.1 Å². The number of benzene rings is 1. The van der Waals surface area contributed by atoms with Gasteiger partial charge in [-0.1, -0.05) is 31.4 Å². The lowest BCUT2D eigenvalue weighted by atomic mass is 9.88. The fourth-order valence-electron chi connectivity index (χ4n) is 5.59. The number of halogens is 1. The standard InChI is InChI=1S/C31H26FN7O/c32-24-9-5-4-8-21(24)29-22-14-27(37-25(22)10-11-34-29)30-23-13-26(35-17-28(23)38-39-30)19-12-20(16-33-15-19)36-31(40)18-6-2-1-3-7-18/h4-5,8-18,37H,1-3,6-7H2,(H,36,40)(H,38,39). The highest BCUT2D eigenvalue weighted by atomic mass is 19.1. The van der Waals surface area contributed by atoms with Crippen molar-refractivity contribution in [1.29, 1.82) is 0 Å². The minimum atomic E-state index is -0.322. The van der Waals surface area contributed by atoms with Gasteiger partial charge >= 0.3 is 0 Å². The van der Waals surface area contributed by atoms with Gasteiger partial charge in [0.15, 0.2) is 0 Å². The number of aromatic amines is 2. The largest absolute Gasteiger partial charge is 0.353 e. The van der Waals surface area contributed by atoms with Gasteiger partial charge in [0.1, 0.15) is 11.5 Å². The number of aromatic nitrogens is 6. The highest BCUT2D eigenvalue weighted by Gasteiger charge is 2.21. The molecule has 40 heavy (non-hydrogen) atoms. The van der Waals surface area contributed by atoms with Crippen molar-refractivity contribution in [2.24, 2.45) is 5.92 Å². The lowest BCUT2D eigenvalue weighted by Crippen LogP contribution is -2.24. The minimum Gasteiger partial charge on any atom is -0.353 e. The zero-order valence-corrected chi connectivity index (χ0v) is 21.6. The first-order valence-electron chi connectivity index (χ1n) is 13.5. The van der Waals surface area contributed by atoms with Crippen LogP contribution < -0.4 is 5.32 Å². The van der Waals surface area contributed by atoms with Crippen LogP contribution in [0, 0.1) is 11.7 Å². The zero-order chi connectivity index (χ0) is 27.1. The Bertz CT molecular complexity index is 1870. The lowest BCUT2D eigenvalue weighted by Gasteiger charge is -2.20. The second-order valence-corrected chi connectivity index (χ2v) is 10.3. The Morgan fingerprint density at radius 2 is 1.75 bits per heavy atom. The van der Waals surface area contributed by atoms with Gasteiger partial charge in [0, 0.05) is 45.7 Å². The summed E-state index contributed by atoms with van der Waals surface area (Å²) in [4.78, 5) is 29.6. The minimum absolute atomic E-state index is 0.0576. The molecule has 0 spiro atoms. The van der Waals surface area contributed by atoms with Crippen LogP contribution in [0.15, 0.2) is 73.3 Å². The van der Waals surface area contributed by atoms with Crippen molar-refractivity contribution in [1.82, 2.24) is 30.1 Å². The fraction of sp³-hybridized carbons (Fsp3) is 0.194. The third-order valence-corrected chi connectivity index (χ3v) is 7.66. The summed E-state index contributed by atoms with van der Waals surface area (Å²) >= 11 is 0. The molecule has 1 aromatic carbocycles. The molecule has 1 fully saturated rings. The highest BCUT2D eigenvalue weighted by Crippen LogP contribution is 2.35. The molecule has 7 rings (SSSR count). The topological polar surface area (TPSA) is 112 Å². The molecule has 8 nitrogen and oxygen atoms in total. The van der Waals surface area contributed by atoms with Crippen molar-refractivity contribution in [2.45, 2.75) is 32.1 Å². The van der Waals surface area contributed by atoms with E-state index >= 15 is 0 Å². The van der Waals surface area contributed by atoms with E-state index in [0.29, 0.717) is 28.3 Å². The molecule has 3 N–H and O–H groups in total. The molecule has 198 valence electrons. The first-order valence-corrected chi connectivity index (χ1v) is 13.5. The number of nitrogens with one attached hydrogen (secondary N) is 3. The molecule has 0 saturated heterocycles. The molecular formula is C31H26FN7O. The third kappa shape index (κ3) is 4.39. The smallest absolute Gasteiger partial charge is 0.227 e. The van der Waals surface area contributed by atoms with E-state index in [0.717, 1.165) is 58.7 Å². The van der Waals surface area contributed by atoms with Crippen molar-refractivity contribution < 1.29 is 9.18 Å². The number of H-pyrrole nitrogens is 2. The van der Waals surface area contributed by atoms with Crippen LogP contribution in [0.5, 0.6) is 0 Å². The maximum atomic E-state index is 14.6. The number of rotatable bonds is 5. The fourth-order valence-corrected chi connectivity index (χ4v) is 5.59. The number of nitrogens with zero attached hydrogens (tertiary/aromatic N) is 4. The normalized spacial score (nSPS) is 14.1. The van der Waals surface area contributed by atoms with Crippen LogP contribution in [0.2, 0.25) is 0 Å². The lowest BCUT2D eigenvalue weighted by molar-refractivity contribution is -0.120. The van der Waals surface area contributed by atoms with Crippen molar-refractivity contribution >= 4 is 33.4 Å². The summed E-state index contributed by atoms with van der Waals surface area (Å²) < 4.78 is 14.6. The molecule has 1 saturated carbocycles. The quantitative estimate of drug-likeness (QED) is 0.224. The SMILES string of the molecule is O=C(Nc1cncc(-c2cc3c(-c4cc5c(-c6ccccc6F)nccc5[nH]4)n[nH]c3cn2)c1)C1CCCCC1. The second-order valence-electron chi connectivity index (χ2n) is 10.3. The van der Waals surface area contributed by atoms with Crippen molar-refractivity contribution in [3.63, 3.8) is 0 Å². The molecule has 1 aliphatic rings. The number of hydrogen-bond acceptors (Lipinski definition) is 5. The second kappa shape index (κ2) is 10.00. The third-order valence-electron chi connectivity index (χ3n) is 7.66. The van der Waals surface area contributed by atoms with E-state index in [-0.39, 0.29) is 17.6 Å². The summed E-state index contributed by atoms with van der Waals surface area (Å²) in [5, 5.41) is 12.3. The van der Waals surface area contributed by atoms with Crippen molar-refractivity contribution in [3.05, 3.63) is 79.1 Å². The molecule has 0 aliphatic heterocycles. The van der Waals surface area contributed by atoms with Crippen LogP contribution in [0.25, 0.3) is 55.7 Å². The molecule has 6 aromatic rings. The molecule has 1 aliphatic carbocycles. The van der Waals surface area contributed by atoms with Crippen LogP contribution >= 0.6 is 0 Å². The van der Waals surface area contributed by atoms with Crippen LogP contribution in [-0.2, 0) is 4.79 Å². The van der Waals surface area contributed by atoms with Gasteiger partial charge in [-0.3, -0.25) is 24.8 Å². The zero-order valence-electron chi connectivity index (χ0n) is 21.6. The molecule has 9 heteroatoms. The molecule has 5 aromatic heterocycles. The average Bonchev–Trinajstić information content (AvgIpc) is 3.62. The van der Waals surface area contributed by atoms with Crippen LogP contribution in [-0.4, -0.2) is 36.0 Å². The Morgan fingerprint density at radius 3 is 2.62 bits per heavy atom. The summed E-state index contributed by atoms with van der Waals surface area (Å²) in [5.74, 6) is -0.204. The van der Waals surface area contributed by atoms with Gasteiger partial charge < -0.3 is 10.3 Å². The Labute approximate surface area is 229 Å². The van der Waals surface area contributed by atoms with Gasteiger partial charge in [-0.2, -0.15) is 5.10 Å². The Hall–Kier alpha value is -4.92. The van der Waals surface area contributed by atoms with Crippen molar-refractivity contribution in [3.8, 4) is 33.9 Å². The predicted molar refractivity (Wildman–Crippen MR) is 153 cm³/mol. The molecule has 0 radical (unpaired) electrons. The van der Waals surface area contributed by atoms with Crippen LogP contribution in [0.3, 0.4) is 0 Å². The summed E-state index contributed by atoms with van der Waals surface area (Å²) in [6.07, 6.45) is 12.1. The van der Waals surface area contributed by atoms with E-state index in [1.54, 1.807) is 43.0 Å². The van der Waals surface area contributed by atoms with Gasteiger partial charge in [-0.15, -0.1) is 0 Å². The molecule has 5 heterocycles. The van der Waals surface area contributed by atoms with Gasteiger partial charge in [0.05, 0.1) is 40.7 Å². The Morgan fingerprint density at radius 1 is 0.900 bits per heavy atom. The van der Waals surface area contributed by atoms with Crippen molar-refractivity contribution in [2.75, 3.05) is 5.32 Å². The molecular weight excluding hydrogens is 505 g/mol. The summed E-state index contributed by atoms with van der Waals surface area (Å²) in [7, 11) is 0. The molecule has 0 bridgehead atoms. The number of carbonyl (C=O) groups is 1. The number of carbonyl (C=O) groups excluding carboxylic acids is 1. The van der Waals surface area contributed by atoms with E-state index in [4.69, 9.17) is 0 Å². The maximum absolute atomic E-state index is 14.6. The van der Waals surface area contributed by atoms with E-state index in [2.05, 4.69) is 35.5 Å². The maximum Gasteiger partial charge on any atom is 0.227 e. The van der Waals surface area contributed by atoms with E-state index in [9.17, 15) is 9.18 Å². The average molecular weight is 532 g/mol. The number of fused-ring (bicyclic) bond motifs is 2. The predicted octanol–water partition coefficient (Wildman–Crippen LogP) is 6.89.